The molecule has 4 nitrogen and oxygen atoms in total. The van der Waals surface area contributed by atoms with E-state index in [9.17, 15) is 4.79 Å². The number of hydrogen-bond acceptors (Lipinski definition) is 3. The van der Waals surface area contributed by atoms with Crippen molar-refractivity contribution in [3.05, 3.63) is 65.2 Å². The number of carbonyl (C=O) groups excluding carboxylic acids is 1. The first-order chi connectivity index (χ1) is 12.7. The minimum Gasteiger partial charge on any atom is -0.358 e. The molecule has 4 heteroatoms. The number of piperidine rings is 1. The maximum absolute atomic E-state index is 12.8. The molecule has 2 aromatic carbocycles. The van der Waals surface area contributed by atoms with Crippen LogP contribution in [0.25, 0.3) is 0 Å². The molecule has 1 aliphatic rings. The minimum atomic E-state index is 0.193. The molecule has 1 aliphatic heterocycles. The Morgan fingerprint density at radius 3 is 2.31 bits per heavy atom. The summed E-state index contributed by atoms with van der Waals surface area (Å²) in [6.45, 7) is 4.83. The molecule has 26 heavy (non-hydrogen) atoms. The van der Waals surface area contributed by atoms with Crippen LogP contribution in [0.15, 0.2) is 48.5 Å². The normalized spacial score (nSPS) is 13.9. The number of likely N-dealkylation sites (tertiary alicyclic amines) is 1. The van der Waals surface area contributed by atoms with Crippen molar-refractivity contribution in [2.24, 2.45) is 0 Å². The number of hydrogen-bond donors (Lipinski definition) is 0. The van der Waals surface area contributed by atoms with Gasteiger partial charge in [0.1, 0.15) is 0 Å². The molecular formula is C22H25N3O. The van der Waals surface area contributed by atoms with E-state index in [1.807, 2.05) is 29.2 Å². The number of amides is 1. The molecule has 1 fully saturated rings. The highest BCUT2D eigenvalue weighted by Crippen LogP contribution is 2.19. The molecular weight excluding hydrogens is 322 g/mol. The molecule has 3 rings (SSSR count). The smallest absolute Gasteiger partial charge is 0.242 e. The van der Waals surface area contributed by atoms with E-state index in [2.05, 4.69) is 42.2 Å². The zero-order valence-corrected chi connectivity index (χ0v) is 15.3. The van der Waals surface area contributed by atoms with E-state index >= 15 is 0 Å². The average molecular weight is 347 g/mol. The summed E-state index contributed by atoms with van der Waals surface area (Å²) in [7, 11) is 0. The van der Waals surface area contributed by atoms with Gasteiger partial charge in [-0.2, -0.15) is 5.26 Å². The van der Waals surface area contributed by atoms with Gasteiger partial charge in [-0.05, 0) is 56.0 Å². The van der Waals surface area contributed by atoms with Gasteiger partial charge < -0.3 is 9.80 Å². The molecule has 0 aromatic heterocycles. The molecule has 0 saturated carbocycles. The quantitative estimate of drug-likeness (QED) is 0.824. The molecule has 1 amide bonds. The van der Waals surface area contributed by atoms with E-state index in [-0.39, 0.29) is 5.91 Å². The second-order valence-corrected chi connectivity index (χ2v) is 6.94. The predicted octanol–water partition coefficient (Wildman–Crippen LogP) is 3.89. The number of anilines is 1. The second-order valence-electron chi connectivity index (χ2n) is 6.94. The first-order valence-corrected chi connectivity index (χ1v) is 9.24. The Morgan fingerprint density at radius 2 is 1.69 bits per heavy atom. The van der Waals surface area contributed by atoms with Gasteiger partial charge in [-0.25, -0.2) is 0 Å². The van der Waals surface area contributed by atoms with Crippen molar-refractivity contribution in [2.75, 3.05) is 24.5 Å². The lowest BCUT2D eigenvalue weighted by Gasteiger charge is -2.31. The lowest BCUT2D eigenvalue weighted by Crippen LogP contribution is -2.42. The van der Waals surface area contributed by atoms with Gasteiger partial charge in [0, 0.05) is 25.3 Å². The predicted molar refractivity (Wildman–Crippen MR) is 104 cm³/mol. The van der Waals surface area contributed by atoms with Crippen molar-refractivity contribution in [1.82, 2.24) is 4.90 Å². The van der Waals surface area contributed by atoms with Crippen LogP contribution < -0.4 is 4.90 Å². The zero-order chi connectivity index (χ0) is 18.4. The van der Waals surface area contributed by atoms with Gasteiger partial charge in [0.15, 0.2) is 0 Å². The molecule has 0 atom stereocenters. The topological polar surface area (TPSA) is 47.3 Å². The Balaban J connectivity index is 1.77. The van der Waals surface area contributed by atoms with Crippen molar-refractivity contribution in [1.29, 1.82) is 5.26 Å². The molecule has 1 saturated heterocycles. The van der Waals surface area contributed by atoms with Crippen molar-refractivity contribution >= 4 is 11.6 Å². The first-order valence-electron chi connectivity index (χ1n) is 9.24. The summed E-state index contributed by atoms with van der Waals surface area (Å²) >= 11 is 0. The fourth-order valence-electron chi connectivity index (χ4n) is 3.31. The van der Waals surface area contributed by atoms with Crippen LogP contribution in [-0.2, 0) is 11.3 Å². The molecule has 2 aromatic rings. The zero-order valence-electron chi connectivity index (χ0n) is 15.3. The van der Waals surface area contributed by atoms with Gasteiger partial charge in [0.25, 0.3) is 0 Å². The molecule has 0 radical (unpaired) electrons. The number of carbonyl (C=O) groups is 1. The number of rotatable bonds is 5. The van der Waals surface area contributed by atoms with Gasteiger partial charge in [-0.1, -0.05) is 29.8 Å². The van der Waals surface area contributed by atoms with Crippen molar-refractivity contribution in [3.8, 4) is 6.07 Å². The summed E-state index contributed by atoms with van der Waals surface area (Å²) in [5, 5.41) is 8.97. The van der Waals surface area contributed by atoms with Crippen LogP contribution in [0.3, 0.4) is 0 Å². The Kier molecular flexibility index (Phi) is 5.91. The van der Waals surface area contributed by atoms with Crippen LogP contribution in [-0.4, -0.2) is 30.4 Å². The number of nitriles is 1. The van der Waals surface area contributed by atoms with E-state index in [1.165, 1.54) is 12.0 Å². The van der Waals surface area contributed by atoms with Crippen LogP contribution in [0.2, 0.25) is 0 Å². The SMILES string of the molecule is Cc1ccc(N(CC(=O)N2CCCCC2)Cc2ccc(C#N)cc2)cc1. The summed E-state index contributed by atoms with van der Waals surface area (Å²) in [6.07, 6.45) is 3.43. The van der Waals surface area contributed by atoms with Gasteiger partial charge in [-0.3, -0.25) is 4.79 Å². The van der Waals surface area contributed by atoms with E-state index in [0.717, 1.165) is 37.2 Å². The largest absolute Gasteiger partial charge is 0.358 e. The Hall–Kier alpha value is -2.80. The molecule has 0 spiro atoms. The second kappa shape index (κ2) is 8.53. The molecule has 1 heterocycles. The maximum Gasteiger partial charge on any atom is 0.242 e. The average Bonchev–Trinajstić information content (AvgIpc) is 2.69. The summed E-state index contributed by atoms with van der Waals surface area (Å²) in [4.78, 5) is 16.9. The monoisotopic (exact) mass is 347 g/mol. The summed E-state index contributed by atoms with van der Waals surface area (Å²) in [5.41, 5.74) is 4.00. The van der Waals surface area contributed by atoms with Crippen molar-refractivity contribution in [2.45, 2.75) is 32.7 Å². The van der Waals surface area contributed by atoms with Gasteiger partial charge in [0.05, 0.1) is 18.2 Å². The lowest BCUT2D eigenvalue weighted by atomic mass is 10.1. The van der Waals surface area contributed by atoms with Gasteiger partial charge in [-0.15, -0.1) is 0 Å². The van der Waals surface area contributed by atoms with E-state index in [0.29, 0.717) is 18.7 Å². The number of nitrogens with zero attached hydrogens (tertiary/aromatic N) is 3. The Bertz CT molecular complexity index is 769. The summed E-state index contributed by atoms with van der Waals surface area (Å²) in [6, 6.07) is 18.0. The highest BCUT2D eigenvalue weighted by molar-refractivity contribution is 5.81. The minimum absolute atomic E-state index is 0.193. The standard InChI is InChI=1S/C22H25N3O/c1-18-5-11-21(12-6-18)25(16-20-9-7-19(15-23)8-10-20)17-22(26)24-13-3-2-4-14-24/h5-12H,2-4,13-14,16-17H2,1H3. The first kappa shape index (κ1) is 18.0. The van der Waals surface area contributed by atoms with Crippen LogP contribution >= 0.6 is 0 Å². The van der Waals surface area contributed by atoms with E-state index in [4.69, 9.17) is 5.26 Å². The van der Waals surface area contributed by atoms with Crippen LogP contribution in [0.1, 0.15) is 36.0 Å². The third-order valence-electron chi connectivity index (χ3n) is 4.89. The van der Waals surface area contributed by atoms with Gasteiger partial charge >= 0.3 is 0 Å². The van der Waals surface area contributed by atoms with Crippen LogP contribution in [0, 0.1) is 18.3 Å². The highest BCUT2D eigenvalue weighted by Gasteiger charge is 2.20. The van der Waals surface area contributed by atoms with E-state index < -0.39 is 0 Å². The van der Waals surface area contributed by atoms with Crippen molar-refractivity contribution < 1.29 is 4.79 Å². The third kappa shape index (κ3) is 4.64. The molecule has 0 N–H and O–H groups in total. The van der Waals surface area contributed by atoms with Crippen molar-refractivity contribution in [3.63, 3.8) is 0 Å². The fourth-order valence-corrected chi connectivity index (χ4v) is 3.31. The third-order valence-corrected chi connectivity index (χ3v) is 4.89. The molecule has 0 unspecified atom stereocenters. The van der Waals surface area contributed by atoms with Crippen LogP contribution in [0.4, 0.5) is 5.69 Å². The maximum atomic E-state index is 12.8. The van der Waals surface area contributed by atoms with Crippen LogP contribution in [0.5, 0.6) is 0 Å². The number of benzene rings is 2. The summed E-state index contributed by atoms with van der Waals surface area (Å²) in [5.74, 6) is 0.193. The van der Waals surface area contributed by atoms with E-state index in [1.54, 1.807) is 0 Å². The molecule has 134 valence electrons. The number of aryl methyl sites for hydroxylation is 1. The Morgan fingerprint density at radius 1 is 1.04 bits per heavy atom. The lowest BCUT2D eigenvalue weighted by molar-refractivity contribution is -0.130. The molecule has 0 bridgehead atoms. The van der Waals surface area contributed by atoms with Gasteiger partial charge in [0.2, 0.25) is 5.91 Å². The Labute approximate surface area is 155 Å². The highest BCUT2D eigenvalue weighted by atomic mass is 16.2. The molecule has 0 aliphatic carbocycles. The fraction of sp³-hybridized carbons (Fsp3) is 0.364. The summed E-state index contributed by atoms with van der Waals surface area (Å²) < 4.78 is 0.